The van der Waals surface area contributed by atoms with E-state index in [1.165, 1.54) is 4.90 Å². The lowest BCUT2D eigenvalue weighted by Gasteiger charge is -2.21. The van der Waals surface area contributed by atoms with Gasteiger partial charge in [0.15, 0.2) is 0 Å². The molecule has 0 radical (unpaired) electrons. The predicted molar refractivity (Wildman–Crippen MR) is 60.6 cm³/mol. The normalized spacial score (nSPS) is 27.7. The van der Waals surface area contributed by atoms with Gasteiger partial charge >= 0.3 is 0 Å². The molecule has 4 heteroatoms. The molecule has 4 nitrogen and oxygen atoms in total. The van der Waals surface area contributed by atoms with E-state index in [9.17, 15) is 14.7 Å². The van der Waals surface area contributed by atoms with E-state index in [2.05, 4.69) is 0 Å². The minimum absolute atomic E-state index is 0.141. The molecule has 1 aliphatic heterocycles. The van der Waals surface area contributed by atoms with Crippen LogP contribution < -0.4 is 0 Å². The summed E-state index contributed by atoms with van der Waals surface area (Å²) in [7, 11) is 0. The van der Waals surface area contributed by atoms with Gasteiger partial charge in [-0.15, -0.1) is 0 Å². The highest BCUT2D eigenvalue weighted by Crippen LogP contribution is 2.31. The standard InChI is InChI=1S/C13H13NO3/c15-9-6-5-8(7-9)14-12(16)10-3-1-2-4-11(10)13(14)17/h1-4,8-9,15H,5-7H2/t8-,9-/m0/s1. The van der Waals surface area contributed by atoms with E-state index in [0.717, 1.165) is 0 Å². The number of aliphatic hydroxyl groups excluding tert-OH is 1. The molecule has 1 aromatic rings. The summed E-state index contributed by atoms with van der Waals surface area (Å²) in [5, 5.41) is 9.50. The summed E-state index contributed by atoms with van der Waals surface area (Å²) in [5.74, 6) is -0.436. The molecule has 0 bridgehead atoms. The first-order valence-corrected chi connectivity index (χ1v) is 5.83. The van der Waals surface area contributed by atoms with Crippen molar-refractivity contribution in [3.05, 3.63) is 35.4 Å². The van der Waals surface area contributed by atoms with Crippen molar-refractivity contribution in [1.29, 1.82) is 0 Å². The van der Waals surface area contributed by atoms with E-state index < -0.39 is 0 Å². The van der Waals surface area contributed by atoms with Crippen LogP contribution in [0.5, 0.6) is 0 Å². The van der Waals surface area contributed by atoms with E-state index in [-0.39, 0.29) is 24.0 Å². The van der Waals surface area contributed by atoms with Gasteiger partial charge in [-0.3, -0.25) is 14.5 Å². The van der Waals surface area contributed by atoms with Crippen LogP contribution in [0.3, 0.4) is 0 Å². The van der Waals surface area contributed by atoms with Gasteiger partial charge in [0.05, 0.1) is 17.2 Å². The smallest absolute Gasteiger partial charge is 0.261 e. The second-order valence-electron chi connectivity index (χ2n) is 4.65. The average Bonchev–Trinajstić information content (AvgIpc) is 2.84. The molecule has 3 rings (SSSR count). The van der Waals surface area contributed by atoms with Crippen LogP contribution in [0.15, 0.2) is 24.3 Å². The SMILES string of the molecule is O=C1c2ccccc2C(=O)N1[C@H]1CC[C@H](O)C1. The maximum atomic E-state index is 12.1. The van der Waals surface area contributed by atoms with Gasteiger partial charge < -0.3 is 5.11 Å². The number of rotatable bonds is 1. The molecule has 0 aromatic heterocycles. The summed E-state index contributed by atoms with van der Waals surface area (Å²) in [5.41, 5.74) is 0.970. The zero-order valence-electron chi connectivity index (χ0n) is 9.30. The van der Waals surface area contributed by atoms with E-state index in [1.54, 1.807) is 24.3 Å². The fourth-order valence-corrected chi connectivity index (χ4v) is 2.71. The topological polar surface area (TPSA) is 57.6 Å². The first-order valence-electron chi connectivity index (χ1n) is 5.83. The number of carbonyl (C=O) groups is 2. The van der Waals surface area contributed by atoms with Gasteiger partial charge in [-0.1, -0.05) is 12.1 Å². The lowest BCUT2D eigenvalue weighted by atomic mass is 10.1. The van der Waals surface area contributed by atoms with Crippen LogP contribution in [0.4, 0.5) is 0 Å². The Kier molecular flexibility index (Phi) is 2.26. The van der Waals surface area contributed by atoms with E-state index in [1.807, 2.05) is 0 Å². The van der Waals surface area contributed by atoms with Gasteiger partial charge in [0.2, 0.25) is 0 Å². The maximum absolute atomic E-state index is 12.1. The van der Waals surface area contributed by atoms with Crippen molar-refractivity contribution in [3.63, 3.8) is 0 Å². The molecule has 1 fully saturated rings. The Morgan fingerprint density at radius 2 is 1.65 bits per heavy atom. The number of imide groups is 1. The Labute approximate surface area is 98.9 Å². The Hall–Kier alpha value is -1.68. The van der Waals surface area contributed by atoms with Crippen LogP contribution >= 0.6 is 0 Å². The fraction of sp³-hybridized carbons (Fsp3) is 0.385. The third kappa shape index (κ3) is 1.48. The van der Waals surface area contributed by atoms with Crippen molar-refractivity contribution >= 4 is 11.8 Å². The second kappa shape index (κ2) is 3.67. The van der Waals surface area contributed by atoms with Crippen LogP contribution in [0, 0.1) is 0 Å². The monoisotopic (exact) mass is 231 g/mol. The number of carbonyl (C=O) groups excluding carboxylic acids is 2. The summed E-state index contributed by atoms with van der Waals surface area (Å²) >= 11 is 0. The number of hydrogen-bond acceptors (Lipinski definition) is 3. The Morgan fingerprint density at radius 3 is 2.12 bits per heavy atom. The number of aliphatic hydroxyl groups is 1. The largest absolute Gasteiger partial charge is 0.393 e. The number of nitrogens with zero attached hydrogens (tertiary/aromatic N) is 1. The molecule has 2 aliphatic rings. The summed E-state index contributed by atoms with van der Waals surface area (Å²) < 4.78 is 0. The molecule has 0 saturated heterocycles. The van der Waals surface area contributed by atoms with Crippen LogP contribution in [0.1, 0.15) is 40.0 Å². The van der Waals surface area contributed by atoms with Crippen LogP contribution in [0.2, 0.25) is 0 Å². The molecule has 2 atom stereocenters. The predicted octanol–water partition coefficient (Wildman–Crippen LogP) is 1.20. The lowest BCUT2D eigenvalue weighted by molar-refractivity contribution is 0.0575. The van der Waals surface area contributed by atoms with E-state index in [4.69, 9.17) is 0 Å². The van der Waals surface area contributed by atoms with Crippen molar-refractivity contribution in [1.82, 2.24) is 4.90 Å². The van der Waals surface area contributed by atoms with Crippen molar-refractivity contribution in [2.24, 2.45) is 0 Å². The highest BCUT2D eigenvalue weighted by atomic mass is 16.3. The highest BCUT2D eigenvalue weighted by molar-refractivity contribution is 6.21. The van der Waals surface area contributed by atoms with Crippen LogP contribution in [0.25, 0.3) is 0 Å². The zero-order chi connectivity index (χ0) is 12.0. The summed E-state index contributed by atoms with van der Waals surface area (Å²) in [4.78, 5) is 25.6. The number of fused-ring (bicyclic) bond motifs is 1. The zero-order valence-corrected chi connectivity index (χ0v) is 9.30. The number of amides is 2. The van der Waals surface area contributed by atoms with Crippen molar-refractivity contribution in [2.75, 3.05) is 0 Å². The summed E-state index contributed by atoms with van der Waals surface area (Å²) in [6, 6.07) is 6.74. The average molecular weight is 231 g/mol. The molecule has 0 spiro atoms. The third-order valence-corrected chi connectivity index (χ3v) is 3.57. The molecule has 1 aromatic carbocycles. The molecule has 1 aliphatic carbocycles. The van der Waals surface area contributed by atoms with Gasteiger partial charge in [-0.25, -0.2) is 0 Å². The van der Waals surface area contributed by atoms with Crippen molar-refractivity contribution in [2.45, 2.75) is 31.4 Å². The first-order chi connectivity index (χ1) is 8.18. The van der Waals surface area contributed by atoms with Gasteiger partial charge in [0, 0.05) is 6.04 Å². The van der Waals surface area contributed by atoms with E-state index in [0.29, 0.717) is 30.4 Å². The first kappa shape index (κ1) is 10.5. The molecule has 1 N–H and O–H groups in total. The third-order valence-electron chi connectivity index (χ3n) is 3.57. The molecule has 1 heterocycles. The van der Waals surface area contributed by atoms with Crippen LogP contribution in [-0.2, 0) is 0 Å². The molecular formula is C13H13NO3. The molecule has 1 saturated carbocycles. The van der Waals surface area contributed by atoms with Crippen molar-refractivity contribution in [3.8, 4) is 0 Å². The van der Waals surface area contributed by atoms with Gasteiger partial charge in [0.25, 0.3) is 11.8 Å². The second-order valence-corrected chi connectivity index (χ2v) is 4.65. The summed E-state index contributed by atoms with van der Waals surface area (Å²) in [6.45, 7) is 0. The molecular weight excluding hydrogens is 218 g/mol. The Morgan fingerprint density at radius 1 is 1.06 bits per heavy atom. The number of benzene rings is 1. The quantitative estimate of drug-likeness (QED) is 0.739. The molecule has 2 amide bonds. The fourth-order valence-electron chi connectivity index (χ4n) is 2.71. The van der Waals surface area contributed by atoms with Gasteiger partial charge in [0.1, 0.15) is 0 Å². The number of hydrogen-bond donors (Lipinski definition) is 1. The lowest BCUT2D eigenvalue weighted by Crippen LogP contribution is -2.38. The minimum atomic E-state index is -0.385. The highest BCUT2D eigenvalue weighted by Gasteiger charge is 2.41. The Balaban J connectivity index is 1.95. The minimum Gasteiger partial charge on any atom is -0.393 e. The van der Waals surface area contributed by atoms with Crippen molar-refractivity contribution < 1.29 is 14.7 Å². The maximum Gasteiger partial charge on any atom is 0.261 e. The van der Waals surface area contributed by atoms with E-state index >= 15 is 0 Å². The molecule has 17 heavy (non-hydrogen) atoms. The van der Waals surface area contributed by atoms with Gasteiger partial charge in [-0.05, 0) is 31.4 Å². The van der Waals surface area contributed by atoms with Gasteiger partial charge in [-0.2, -0.15) is 0 Å². The van der Waals surface area contributed by atoms with Crippen LogP contribution in [-0.4, -0.2) is 34.0 Å². The Bertz CT molecular complexity index is 462. The molecule has 88 valence electrons. The summed E-state index contributed by atoms with van der Waals surface area (Å²) in [6.07, 6.45) is 1.49. The molecule has 0 unspecified atom stereocenters.